The standard InChI is InChI=1S/C18H17Cl2N5O/c1-11-9-21-16-4-5-17(23-25(11)16)24-7-6-13(10-24)22-18(26)12-2-3-14(19)15(20)8-12/h2-5,8-9,13H,6-7,10H2,1H3,(H,22,26)/t13-/m0/s1. The summed E-state index contributed by atoms with van der Waals surface area (Å²) in [6.45, 7) is 3.51. The number of hydrogen-bond donors (Lipinski definition) is 1. The molecular formula is C18H17Cl2N5O. The number of hydrogen-bond acceptors (Lipinski definition) is 4. The second kappa shape index (κ2) is 6.78. The molecule has 0 bridgehead atoms. The number of anilines is 1. The minimum atomic E-state index is -0.149. The molecule has 1 N–H and O–H groups in total. The second-order valence-corrected chi connectivity index (χ2v) is 7.21. The molecule has 134 valence electrons. The Morgan fingerprint density at radius 2 is 2.08 bits per heavy atom. The Kier molecular flexibility index (Phi) is 4.46. The minimum Gasteiger partial charge on any atom is -0.353 e. The average molecular weight is 390 g/mol. The largest absolute Gasteiger partial charge is 0.353 e. The number of halogens is 2. The molecular weight excluding hydrogens is 373 g/mol. The van der Waals surface area contributed by atoms with Crippen LogP contribution in [0.1, 0.15) is 22.5 Å². The van der Waals surface area contributed by atoms with Gasteiger partial charge in [-0.3, -0.25) is 4.79 Å². The lowest BCUT2D eigenvalue weighted by atomic mass is 10.2. The fourth-order valence-electron chi connectivity index (χ4n) is 3.14. The Morgan fingerprint density at radius 3 is 2.88 bits per heavy atom. The number of aryl methyl sites for hydroxylation is 1. The van der Waals surface area contributed by atoms with E-state index in [0.29, 0.717) is 22.2 Å². The molecule has 8 heteroatoms. The van der Waals surface area contributed by atoms with Crippen molar-refractivity contribution in [2.24, 2.45) is 0 Å². The first-order chi connectivity index (χ1) is 12.5. The summed E-state index contributed by atoms with van der Waals surface area (Å²) in [7, 11) is 0. The molecule has 4 rings (SSSR count). The van der Waals surface area contributed by atoms with Gasteiger partial charge in [-0.1, -0.05) is 23.2 Å². The summed E-state index contributed by atoms with van der Waals surface area (Å²) in [5.74, 6) is 0.731. The highest BCUT2D eigenvalue weighted by molar-refractivity contribution is 6.42. The van der Waals surface area contributed by atoms with Gasteiger partial charge in [0.05, 0.1) is 21.9 Å². The number of rotatable bonds is 3. The zero-order valence-corrected chi connectivity index (χ0v) is 15.6. The number of imidazole rings is 1. The predicted molar refractivity (Wildman–Crippen MR) is 102 cm³/mol. The monoisotopic (exact) mass is 389 g/mol. The van der Waals surface area contributed by atoms with E-state index in [1.165, 1.54) is 0 Å². The van der Waals surface area contributed by atoms with Gasteiger partial charge in [-0.2, -0.15) is 0 Å². The third-order valence-corrected chi connectivity index (χ3v) is 5.29. The van der Waals surface area contributed by atoms with E-state index in [1.54, 1.807) is 24.4 Å². The molecule has 0 aliphatic carbocycles. The number of carbonyl (C=O) groups is 1. The summed E-state index contributed by atoms with van der Waals surface area (Å²) in [6.07, 6.45) is 2.66. The molecule has 3 heterocycles. The van der Waals surface area contributed by atoms with Crippen LogP contribution < -0.4 is 10.2 Å². The van der Waals surface area contributed by atoms with Crippen molar-refractivity contribution in [3.05, 3.63) is 57.8 Å². The van der Waals surface area contributed by atoms with Crippen molar-refractivity contribution >= 4 is 40.6 Å². The van der Waals surface area contributed by atoms with E-state index in [-0.39, 0.29) is 11.9 Å². The van der Waals surface area contributed by atoms with E-state index in [1.807, 2.05) is 23.6 Å². The fourth-order valence-corrected chi connectivity index (χ4v) is 3.44. The molecule has 3 aromatic rings. The number of nitrogens with one attached hydrogen (secondary N) is 1. The number of amides is 1. The Hall–Kier alpha value is -2.31. The molecule has 0 unspecified atom stereocenters. The third kappa shape index (κ3) is 3.22. The number of nitrogens with zero attached hydrogens (tertiary/aromatic N) is 4. The Balaban J connectivity index is 1.45. The zero-order valence-electron chi connectivity index (χ0n) is 14.1. The van der Waals surface area contributed by atoms with E-state index in [0.717, 1.165) is 30.1 Å². The first-order valence-corrected chi connectivity index (χ1v) is 9.09. The van der Waals surface area contributed by atoms with Gasteiger partial charge in [-0.15, -0.1) is 5.10 Å². The number of fused-ring (bicyclic) bond motifs is 1. The van der Waals surface area contributed by atoms with Crippen molar-refractivity contribution in [1.82, 2.24) is 19.9 Å². The Bertz CT molecular complexity index is 987. The molecule has 0 saturated carbocycles. The summed E-state index contributed by atoms with van der Waals surface area (Å²) in [4.78, 5) is 18.9. The first kappa shape index (κ1) is 17.1. The highest BCUT2D eigenvalue weighted by atomic mass is 35.5. The zero-order chi connectivity index (χ0) is 18.3. The van der Waals surface area contributed by atoms with E-state index in [4.69, 9.17) is 23.2 Å². The van der Waals surface area contributed by atoms with Crippen LogP contribution >= 0.6 is 23.2 Å². The number of carbonyl (C=O) groups excluding carboxylic acids is 1. The van der Waals surface area contributed by atoms with Crippen molar-refractivity contribution in [1.29, 1.82) is 0 Å². The molecule has 1 aromatic carbocycles. The van der Waals surface area contributed by atoms with Crippen LogP contribution in [0.5, 0.6) is 0 Å². The van der Waals surface area contributed by atoms with E-state index < -0.39 is 0 Å². The number of aromatic nitrogens is 3. The summed E-state index contributed by atoms with van der Waals surface area (Å²) in [5.41, 5.74) is 2.33. The Morgan fingerprint density at radius 1 is 1.23 bits per heavy atom. The van der Waals surface area contributed by atoms with Gasteiger partial charge < -0.3 is 10.2 Å². The average Bonchev–Trinajstić information content (AvgIpc) is 3.24. The summed E-state index contributed by atoms with van der Waals surface area (Å²) >= 11 is 11.9. The van der Waals surface area contributed by atoms with Crippen LogP contribution in [0.25, 0.3) is 5.65 Å². The molecule has 26 heavy (non-hydrogen) atoms. The normalized spacial score (nSPS) is 17.0. The van der Waals surface area contributed by atoms with Gasteiger partial charge in [-0.05, 0) is 43.7 Å². The molecule has 6 nitrogen and oxygen atoms in total. The first-order valence-electron chi connectivity index (χ1n) is 8.33. The third-order valence-electron chi connectivity index (χ3n) is 4.55. The molecule has 1 fully saturated rings. The SMILES string of the molecule is Cc1cnc2ccc(N3CC[C@H](NC(=O)c4ccc(Cl)c(Cl)c4)C3)nn12. The van der Waals surface area contributed by atoms with Crippen molar-refractivity contribution in [2.45, 2.75) is 19.4 Å². The second-order valence-electron chi connectivity index (χ2n) is 6.40. The van der Waals surface area contributed by atoms with Crippen LogP contribution in [0.3, 0.4) is 0 Å². The predicted octanol–water partition coefficient (Wildman–Crippen LogP) is 3.35. The molecule has 1 aliphatic rings. The maximum Gasteiger partial charge on any atom is 0.251 e. The van der Waals surface area contributed by atoms with Gasteiger partial charge >= 0.3 is 0 Å². The highest BCUT2D eigenvalue weighted by Crippen LogP contribution is 2.23. The number of benzene rings is 1. The van der Waals surface area contributed by atoms with Crippen LogP contribution in [0.4, 0.5) is 5.82 Å². The lowest BCUT2D eigenvalue weighted by molar-refractivity contribution is 0.0940. The van der Waals surface area contributed by atoms with E-state index in [2.05, 4.69) is 20.3 Å². The molecule has 0 spiro atoms. The fraction of sp³-hybridized carbons (Fsp3) is 0.278. The smallest absolute Gasteiger partial charge is 0.251 e. The van der Waals surface area contributed by atoms with Crippen LogP contribution in [0.15, 0.2) is 36.5 Å². The van der Waals surface area contributed by atoms with E-state index in [9.17, 15) is 4.79 Å². The summed E-state index contributed by atoms with van der Waals surface area (Å²) < 4.78 is 1.83. The molecule has 0 radical (unpaired) electrons. The van der Waals surface area contributed by atoms with Crippen LogP contribution in [-0.4, -0.2) is 39.6 Å². The maximum atomic E-state index is 12.4. The van der Waals surface area contributed by atoms with Gasteiger partial charge in [0.15, 0.2) is 5.65 Å². The minimum absolute atomic E-state index is 0.0540. The van der Waals surface area contributed by atoms with Gasteiger partial charge in [0.25, 0.3) is 5.91 Å². The van der Waals surface area contributed by atoms with Crippen molar-refractivity contribution in [3.8, 4) is 0 Å². The lowest BCUT2D eigenvalue weighted by Crippen LogP contribution is -2.37. The molecule has 1 amide bonds. The summed E-state index contributed by atoms with van der Waals surface area (Å²) in [6, 6.07) is 8.86. The molecule has 2 aromatic heterocycles. The van der Waals surface area contributed by atoms with Crippen molar-refractivity contribution in [2.75, 3.05) is 18.0 Å². The molecule has 1 saturated heterocycles. The van der Waals surface area contributed by atoms with E-state index >= 15 is 0 Å². The Labute approximate surface area is 160 Å². The van der Waals surface area contributed by atoms with Gasteiger partial charge in [0, 0.05) is 24.7 Å². The van der Waals surface area contributed by atoms with Crippen LogP contribution in [0, 0.1) is 6.92 Å². The van der Waals surface area contributed by atoms with Crippen molar-refractivity contribution in [3.63, 3.8) is 0 Å². The van der Waals surface area contributed by atoms with Crippen LogP contribution in [0.2, 0.25) is 10.0 Å². The van der Waals surface area contributed by atoms with Gasteiger partial charge in [0.2, 0.25) is 0 Å². The van der Waals surface area contributed by atoms with Crippen molar-refractivity contribution < 1.29 is 4.79 Å². The summed E-state index contributed by atoms with van der Waals surface area (Å²) in [5, 5.41) is 8.51. The van der Waals surface area contributed by atoms with Crippen LogP contribution in [-0.2, 0) is 0 Å². The molecule has 1 atom stereocenters. The van der Waals surface area contributed by atoms with Gasteiger partial charge in [-0.25, -0.2) is 9.50 Å². The molecule has 1 aliphatic heterocycles. The quantitative estimate of drug-likeness (QED) is 0.745. The lowest BCUT2D eigenvalue weighted by Gasteiger charge is -2.18. The van der Waals surface area contributed by atoms with Gasteiger partial charge in [0.1, 0.15) is 5.82 Å². The highest BCUT2D eigenvalue weighted by Gasteiger charge is 2.25. The maximum absolute atomic E-state index is 12.4. The topological polar surface area (TPSA) is 62.5 Å².